The minimum absolute atomic E-state index is 0.179. The number of halogens is 3. The third-order valence-corrected chi connectivity index (χ3v) is 5.42. The summed E-state index contributed by atoms with van der Waals surface area (Å²) in [5, 5.41) is 0. The van der Waals surface area contributed by atoms with Gasteiger partial charge in [-0.25, -0.2) is 0 Å². The van der Waals surface area contributed by atoms with Gasteiger partial charge in [-0.2, -0.15) is 13.2 Å². The van der Waals surface area contributed by atoms with Crippen molar-refractivity contribution >= 4 is 8.32 Å². The second-order valence-corrected chi connectivity index (χ2v) is 9.36. The zero-order valence-electron chi connectivity index (χ0n) is 9.53. The summed E-state index contributed by atoms with van der Waals surface area (Å²) < 4.78 is 42.4. The van der Waals surface area contributed by atoms with E-state index in [4.69, 9.17) is 4.43 Å². The van der Waals surface area contributed by atoms with Gasteiger partial charge in [-0.15, -0.1) is 0 Å². The monoisotopic (exact) mass is 240 g/mol. The van der Waals surface area contributed by atoms with Gasteiger partial charge in [-0.05, 0) is 31.5 Å². The first-order valence-electron chi connectivity index (χ1n) is 5.44. The fraction of sp³-hybridized carbons (Fsp3) is 1.00. The van der Waals surface area contributed by atoms with Crippen LogP contribution in [0.2, 0.25) is 19.1 Å². The molecule has 0 radical (unpaired) electrons. The molecular formula is C10H19F3OSi. The molecule has 2 unspecified atom stereocenters. The summed E-state index contributed by atoms with van der Waals surface area (Å²) in [4.78, 5) is 0. The topological polar surface area (TPSA) is 9.23 Å². The Hall–Kier alpha value is -0.0331. The van der Waals surface area contributed by atoms with E-state index in [1.165, 1.54) is 0 Å². The molecule has 2 atom stereocenters. The van der Waals surface area contributed by atoms with E-state index in [2.05, 4.69) is 13.1 Å². The minimum atomic E-state index is -4.06. The smallest absolute Gasteiger partial charge is 0.389 e. The van der Waals surface area contributed by atoms with Crippen molar-refractivity contribution < 1.29 is 17.6 Å². The number of hydrogen-bond acceptors (Lipinski definition) is 1. The third-order valence-electron chi connectivity index (χ3n) is 2.93. The summed E-state index contributed by atoms with van der Waals surface area (Å²) in [5.41, 5.74) is 0. The molecule has 1 saturated heterocycles. The molecule has 1 aliphatic rings. The summed E-state index contributed by atoms with van der Waals surface area (Å²) in [6.07, 6.45) is -3.16. The average Bonchev–Trinajstić information content (AvgIpc) is 1.99. The lowest BCUT2D eigenvalue weighted by atomic mass is 9.97. The van der Waals surface area contributed by atoms with Crippen LogP contribution in [0.15, 0.2) is 0 Å². The molecule has 0 spiro atoms. The van der Waals surface area contributed by atoms with Gasteiger partial charge >= 0.3 is 6.18 Å². The van der Waals surface area contributed by atoms with Crippen molar-refractivity contribution in [3.05, 3.63) is 0 Å². The van der Waals surface area contributed by atoms with Gasteiger partial charge in [0, 0.05) is 12.5 Å². The molecule has 1 fully saturated rings. The first-order valence-corrected chi connectivity index (χ1v) is 8.56. The number of alkyl halides is 3. The summed E-state index contributed by atoms with van der Waals surface area (Å²) in [6, 6.07) is 1.07. The van der Waals surface area contributed by atoms with Crippen molar-refractivity contribution in [3.63, 3.8) is 0 Å². The van der Waals surface area contributed by atoms with Gasteiger partial charge in [0.05, 0.1) is 0 Å². The molecule has 0 aromatic carbocycles. The Morgan fingerprint density at radius 3 is 2.47 bits per heavy atom. The zero-order valence-corrected chi connectivity index (χ0v) is 10.5. The summed E-state index contributed by atoms with van der Waals surface area (Å²) >= 11 is 0. The summed E-state index contributed by atoms with van der Waals surface area (Å²) in [6.45, 7) is 5.81. The van der Waals surface area contributed by atoms with Crippen LogP contribution in [0.5, 0.6) is 0 Å². The Morgan fingerprint density at radius 2 is 2.00 bits per heavy atom. The molecule has 5 heteroatoms. The Kier molecular flexibility index (Phi) is 3.87. The fourth-order valence-corrected chi connectivity index (χ4v) is 4.50. The molecule has 15 heavy (non-hydrogen) atoms. The molecule has 1 heterocycles. The third kappa shape index (κ3) is 4.55. The molecule has 0 aromatic heterocycles. The highest BCUT2D eigenvalue weighted by atomic mass is 28.4. The molecule has 0 aliphatic carbocycles. The van der Waals surface area contributed by atoms with Crippen LogP contribution < -0.4 is 0 Å². The van der Waals surface area contributed by atoms with Crippen molar-refractivity contribution in [2.75, 3.05) is 0 Å². The quantitative estimate of drug-likeness (QED) is 0.664. The Labute approximate surface area is 90.1 Å². The van der Waals surface area contributed by atoms with Gasteiger partial charge in [0.15, 0.2) is 8.32 Å². The van der Waals surface area contributed by atoms with E-state index in [0.29, 0.717) is 0 Å². The summed E-state index contributed by atoms with van der Waals surface area (Å²) in [7, 11) is -1.66. The van der Waals surface area contributed by atoms with E-state index in [9.17, 15) is 13.2 Å². The first-order chi connectivity index (χ1) is 6.70. The molecule has 0 amide bonds. The second-order valence-electron chi connectivity index (χ2n) is 5.10. The fourth-order valence-electron chi connectivity index (χ4n) is 2.15. The highest BCUT2D eigenvalue weighted by molar-refractivity contribution is 6.71. The Bertz CT molecular complexity index is 215. The molecule has 1 nitrogen and oxygen atoms in total. The van der Waals surface area contributed by atoms with Crippen molar-refractivity contribution in [1.82, 2.24) is 0 Å². The number of hydrogen-bond donors (Lipinski definition) is 0. The van der Waals surface area contributed by atoms with Crippen molar-refractivity contribution in [2.24, 2.45) is 5.92 Å². The maximum atomic E-state index is 12.2. The predicted molar refractivity (Wildman–Crippen MR) is 56.2 cm³/mol. The van der Waals surface area contributed by atoms with E-state index in [0.717, 1.165) is 18.9 Å². The molecule has 0 N–H and O–H groups in total. The second kappa shape index (κ2) is 4.45. The van der Waals surface area contributed by atoms with Gasteiger partial charge in [-0.1, -0.05) is 13.3 Å². The predicted octanol–water partition coefficient (Wildman–Crippen LogP) is 3.96. The van der Waals surface area contributed by atoms with Crippen LogP contribution in [0, 0.1) is 5.92 Å². The normalized spacial score (nSPS) is 28.8. The first kappa shape index (κ1) is 13.0. The van der Waals surface area contributed by atoms with Crippen LogP contribution in [-0.4, -0.2) is 20.6 Å². The van der Waals surface area contributed by atoms with Gasteiger partial charge in [0.2, 0.25) is 0 Å². The highest BCUT2D eigenvalue weighted by Crippen LogP contribution is 2.34. The molecule has 1 aliphatic heterocycles. The molecule has 0 bridgehead atoms. The molecule has 0 aromatic rings. The SMILES string of the molecule is CC(CC(F)(F)F)C1CCC[Si](C)(C)O1. The maximum Gasteiger partial charge on any atom is 0.389 e. The van der Waals surface area contributed by atoms with Crippen LogP contribution in [0.3, 0.4) is 0 Å². The van der Waals surface area contributed by atoms with Crippen molar-refractivity contribution in [3.8, 4) is 0 Å². The van der Waals surface area contributed by atoms with Gasteiger partial charge in [0.25, 0.3) is 0 Å². The zero-order chi connectivity index (χ0) is 11.7. The van der Waals surface area contributed by atoms with Gasteiger partial charge in [0.1, 0.15) is 0 Å². The van der Waals surface area contributed by atoms with Crippen LogP contribution in [0.1, 0.15) is 26.2 Å². The van der Waals surface area contributed by atoms with E-state index < -0.39 is 26.8 Å². The molecule has 90 valence electrons. The summed E-state index contributed by atoms with van der Waals surface area (Å²) in [5.74, 6) is -0.405. The van der Waals surface area contributed by atoms with Crippen LogP contribution in [0.25, 0.3) is 0 Å². The minimum Gasteiger partial charge on any atom is -0.414 e. The Morgan fingerprint density at radius 1 is 1.40 bits per heavy atom. The lowest BCUT2D eigenvalue weighted by molar-refractivity contribution is -0.150. The maximum absolute atomic E-state index is 12.2. The van der Waals surface area contributed by atoms with E-state index >= 15 is 0 Å². The lowest BCUT2D eigenvalue weighted by Gasteiger charge is -2.37. The van der Waals surface area contributed by atoms with E-state index in [-0.39, 0.29) is 6.10 Å². The molecular weight excluding hydrogens is 221 g/mol. The van der Waals surface area contributed by atoms with Crippen LogP contribution in [0.4, 0.5) is 13.2 Å². The largest absolute Gasteiger partial charge is 0.414 e. The van der Waals surface area contributed by atoms with Gasteiger partial charge in [-0.3, -0.25) is 0 Å². The Balaban J connectivity index is 2.49. The van der Waals surface area contributed by atoms with E-state index in [1.54, 1.807) is 6.92 Å². The van der Waals surface area contributed by atoms with Crippen LogP contribution in [-0.2, 0) is 4.43 Å². The van der Waals surface area contributed by atoms with Crippen molar-refractivity contribution in [2.45, 2.75) is 57.6 Å². The van der Waals surface area contributed by atoms with Crippen LogP contribution >= 0.6 is 0 Å². The lowest BCUT2D eigenvalue weighted by Crippen LogP contribution is -2.42. The average molecular weight is 240 g/mol. The number of rotatable bonds is 2. The van der Waals surface area contributed by atoms with E-state index in [1.807, 2.05) is 0 Å². The highest BCUT2D eigenvalue weighted by Gasteiger charge is 2.38. The standard InChI is InChI=1S/C10H19F3OSi/c1-8(7-10(11,12)13)9-5-4-6-15(2,3)14-9/h8-9H,4-7H2,1-3H3. The molecule has 0 saturated carbocycles. The van der Waals surface area contributed by atoms with Gasteiger partial charge < -0.3 is 4.43 Å². The molecule has 1 rings (SSSR count). The van der Waals surface area contributed by atoms with Crippen molar-refractivity contribution in [1.29, 1.82) is 0 Å².